The van der Waals surface area contributed by atoms with Gasteiger partial charge in [-0.2, -0.15) is 16.8 Å². The first-order chi connectivity index (χ1) is 41.6. The molecule has 2 aliphatic rings. The second-order valence-corrected chi connectivity index (χ2v) is 23.9. The van der Waals surface area contributed by atoms with Gasteiger partial charge in [-0.3, -0.25) is 71.9 Å². The summed E-state index contributed by atoms with van der Waals surface area (Å²) in [7, 11) is -10.2. The molecule has 2 aliphatic heterocycles. The van der Waals surface area contributed by atoms with Gasteiger partial charge >= 0.3 is 23.9 Å². The number of carboxylic acid groups (broad SMARTS) is 4. The van der Waals surface area contributed by atoms with Crippen LogP contribution in [0, 0.1) is 5.82 Å². The Morgan fingerprint density at radius 3 is 1.70 bits per heavy atom. The molecule has 0 radical (unpaired) electrons. The van der Waals surface area contributed by atoms with Crippen LogP contribution in [0.2, 0.25) is 0 Å². The lowest BCUT2D eigenvalue weighted by molar-refractivity contribution is -0.140. The number of fused-ring (bicyclic) bond motifs is 1. The molecule has 88 heavy (non-hydrogen) atoms. The van der Waals surface area contributed by atoms with E-state index < -0.39 is 148 Å². The average molecular weight is 1280 g/mol. The molecular weight excluding hydrogens is 1210 g/mol. The number of halogens is 1. The molecule has 31 nitrogen and oxygen atoms in total. The van der Waals surface area contributed by atoms with Gasteiger partial charge in [0.2, 0.25) is 23.6 Å². The van der Waals surface area contributed by atoms with Crippen molar-refractivity contribution in [2.75, 3.05) is 122 Å². The number of carbonyl (C=O) groups excluding carboxylic acids is 5. The fourth-order valence-electron chi connectivity index (χ4n) is 9.42. The summed E-state index contributed by atoms with van der Waals surface area (Å²) < 4.78 is 88.2. The van der Waals surface area contributed by atoms with E-state index in [9.17, 15) is 89.5 Å². The van der Waals surface area contributed by atoms with Crippen molar-refractivity contribution in [3.05, 3.63) is 88.4 Å². The molecule has 484 valence electrons. The maximum absolute atomic E-state index is 15.3. The minimum Gasteiger partial charge on any atom is -0.491 e. The minimum atomic E-state index is -5.11. The summed E-state index contributed by atoms with van der Waals surface area (Å²) in [5.74, 6) is -13.1. The molecule has 2 aromatic carbocycles. The van der Waals surface area contributed by atoms with Crippen LogP contribution < -0.4 is 36.6 Å². The molecule has 3 aromatic rings. The Hall–Kier alpha value is -7.99. The summed E-state index contributed by atoms with van der Waals surface area (Å²) in [6, 6.07) is 9.07. The Labute approximate surface area is 506 Å². The lowest BCUT2D eigenvalue weighted by atomic mass is 10.0. The number of carboxylic acids is 4. The third-order valence-corrected chi connectivity index (χ3v) is 15.4. The van der Waals surface area contributed by atoms with E-state index in [2.05, 4.69) is 32.7 Å². The number of benzene rings is 2. The van der Waals surface area contributed by atoms with Crippen LogP contribution in [0.1, 0.15) is 64.5 Å². The van der Waals surface area contributed by atoms with Gasteiger partial charge in [-0.05, 0) is 79.1 Å². The number of anilines is 1. The van der Waals surface area contributed by atoms with Crippen LogP contribution in [-0.4, -0.2) is 253 Å². The highest BCUT2D eigenvalue weighted by atomic mass is 32.2. The maximum atomic E-state index is 15.3. The lowest BCUT2D eigenvalue weighted by Gasteiger charge is -2.33. The number of carbonyl (C=O) groups is 9. The van der Waals surface area contributed by atoms with E-state index in [1.807, 2.05) is 11.4 Å². The number of nitrogens with zero attached hydrogens (tertiary/aromatic N) is 5. The van der Waals surface area contributed by atoms with Gasteiger partial charge in [0.05, 0.1) is 45.2 Å². The number of aryl methyl sites for hydroxylation is 3. The molecule has 1 fully saturated rings. The van der Waals surface area contributed by atoms with E-state index in [-0.39, 0.29) is 95.2 Å². The van der Waals surface area contributed by atoms with Crippen molar-refractivity contribution in [1.29, 1.82) is 0 Å². The van der Waals surface area contributed by atoms with Gasteiger partial charge in [-0.15, -0.1) is 0 Å². The smallest absolute Gasteiger partial charge is 0.317 e. The SMILES string of the molecule is O=C(O)CC(NC(=O)c1ccc(CCc2ccc3c(n2)NCCC3)cc1)c1ccc(OCCCC(=O)NCCNC(=O)[C@H](CS(=O)(=O)O)NC(=O)C(CS(=O)(=O)O)NC(=O)CN2CCN(CC(=O)O)CCN(CC(=O)O)CCN(CC(=O)O)CC2)c(F)c1. The Balaban J connectivity index is 1.09. The fraction of sp³-hybridized carbons (Fsp3) is 0.519. The highest BCUT2D eigenvalue weighted by molar-refractivity contribution is 7.86. The summed E-state index contributed by atoms with van der Waals surface area (Å²) in [5.41, 5.74) is 3.47. The quantitative estimate of drug-likeness (QED) is 0.0236. The molecule has 0 bridgehead atoms. The van der Waals surface area contributed by atoms with Crippen molar-refractivity contribution >= 4 is 79.5 Å². The van der Waals surface area contributed by atoms with Crippen molar-refractivity contribution in [3.63, 3.8) is 0 Å². The third-order valence-electron chi connectivity index (χ3n) is 13.8. The molecule has 0 aliphatic carbocycles. The molecule has 0 spiro atoms. The highest BCUT2D eigenvalue weighted by Crippen LogP contribution is 2.26. The Bertz CT molecular complexity index is 3150. The van der Waals surface area contributed by atoms with Crippen LogP contribution in [0.25, 0.3) is 0 Å². The van der Waals surface area contributed by atoms with Gasteiger partial charge in [0.25, 0.3) is 26.1 Å². The van der Waals surface area contributed by atoms with Gasteiger partial charge in [0.15, 0.2) is 11.6 Å². The van der Waals surface area contributed by atoms with Crippen LogP contribution in [0.4, 0.5) is 10.2 Å². The molecule has 5 amide bonds. The second kappa shape index (κ2) is 34.5. The second-order valence-electron chi connectivity index (χ2n) is 20.9. The van der Waals surface area contributed by atoms with E-state index in [4.69, 9.17) is 9.72 Å². The Morgan fingerprint density at radius 2 is 1.17 bits per heavy atom. The van der Waals surface area contributed by atoms with Gasteiger partial charge < -0.3 is 57.1 Å². The number of pyridine rings is 1. The molecule has 1 saturated heterocycles. The third kappa shape index (κ3) is 26.5. The van der Waals surface area contributed by atoms with Gasteiger partial charge in [-0.1, -0.05) is 24.3 Å². The standard InChI is InChI=1S/C54H74FN11O20S2/c55-40-27-38(41(28-47(69)70)61-52(77)37-8-5-35(6-9-37)7-12-39-13-10-36-3-1-15-57-51(36)59-39)11-14-44(40)86-26-2-4-45(67)56-16-17-58-53(78)42(33-87(80,81)82)62-54(79)43(34-88(83,84)85)60-46(68)29-63-18-20-64(30-48(71)72)22-24-66(32-50(75)76)25-23-65(21-19-63)31-49(73)74/h5-6,8-11,13-14,27,41-43H,1-4,7,12,15-26,28-34H2,(H,56,67)(H,57,59)(H,58,78)(H,60,68)(H,61,77)(H,62,79)(H,69,70)(H,71,72)(H,73,74)(H,75,76)(H,80,81,82)(H,83,84,85)/t41?,42-,43?/m0/s1. The largest absolute Gasteiger partial charge is 0.491 e. The lowest BCUT2D eigenvalue weighted by Crippen LogP contribution is -2.58. The summed E-state index contributed by atoms with van der Waals surface area (Å²) >= 11 is 0. The topological polar surface area (TPSA) is 451 Å². The van der Waals surface area contributed by atoms with E-state index >= 15 is 4.39 Å². The summed E-state index contributed by atoms with van der Waals surface area (Å²) in [6.07, 6.45) is 2.66. The van der Waals surface area contributed by atoms with E-state index in [0.717, 1.165) is 42.5 Å². The van der Waals surface area contributed by atoms with Gasteiger partial charge in [0.1, 0.15) is 29.4 Å². The molecule has 5 rings (SSSR count). The predicted molar refractivity (Wildman–Crippen MR) is 310 cm³/mol. The maximum Gasteiger partial charge on any atom is 0.317 e. The molecule has 1 aromatic heterocycles. The summed E-state index contributed by atoms with van der Waals surface area (Å²) in [4.78, 5) is 123. The Kier molecular flexibility index (Phi) is 27.8. The minimum absolute atomic E-state index is 0.0302. The molecule has 34 heteroatoms. The summed E-state index contributed by atoms with van der Waals surface area (Å²) in [6.45, 7) is -2.01. The van der Waals surface area contributed by atoms with E-state index in [0.29, 0.717) is 12.8 Å². The number of nitrogens with one attached hydrogen (secondary N) is 6. The zero-order valence-corrected chi connectivity index (χ0v) is 49.6. The number of rotatable bonds is 32. The summed E-state index contributed by atoms with van der Waals surface area (Å²) in [5, 5.41) is 52.8. The van der Waals surface area contributed by atoms with Crippen LogP contribution in [-0.2, 0) is 77.9 Å². The first-order valence-corrected chi connectivity index (χ1v) is 31.2. The van der Waals surface area contributed by atoms with Crippen molar-refractivity contribution in [2.45, 2.75) is 63.1 Å². The van der Waals surface area contributed by atoms with Crippen LogP contribution in [0.15, 0.2) is 54.6 Å². The normalized spacial score (nSPS) is 15.9. The van der Waals surface area contributed by atoms with Crippen molar-refractivity contribution in [2.24, 2.45) is 0 Å². The van der Waals surface area contributed by atoms with Crippen LogP contribution in [0.3, 0.4) is 0 Å². The van der Waals surface area contributed by atoms with Crippen LogP contribution in [0.5, 0.6) is 5.75 Å². The average Bonchev–Trinajstić information content (AvgIpc) is 3.26. The molecule has 3 atom stereocenters. The van der Waals surface area contributed by atoms with Crippen molar-refractivity contribution in [1.82, 2.24) is 51.2 Å². The van der Waals surface area contributed by atoms with Gasteiger partial charge in [0, 0.05) is 89.7 Å². The fourth-order valence-corrected chi connectivity index (χ4v) is 10.7. The number of ether oxygens (including phenoxy) is 1. The number of aliphatic carboxylic acids is 4. The number of amides is 5. The monoisotopic (exact) mass is 1280 g/mol. The van der Waals surface area contributed by atoms with Gasteiger partial charge in [-0.25, -0.2) is 9.37 Å². The van der Waals surface area contributed by atoms with Crippen LogP contribution >= 0.6 is 0 Å². The molecule has 0 saturated carbocycles. The molecule has 3 heterocycles. The Morgan fingerprint density at radius 1 is 0.625 bits per heavy atom. The predicted octanol–water partition coefficient (Wildman–Crippen LogP) is -2.08. The number of hydrogen-bond donors (Lipinski definition) is 12. The first-order valence-electron chi connectivity index (χ1n) is 27.9. The molecule has 12 N–H and O–H groups in total. The van der Waals surface area contributed by atoms with E-state index in [1.54, 1.807) is 24.3 Å². The molecular formula is C54H74FN11O20S2. The van der Waals surface area contributed by atoms with E-state index in [1.165, 1.54) is 37.3 Å². The molecule has 2 unspecified atom stereocenters. The number of aromatic nitrogens is 1. The zero-order valence-electron chi connectivity index (χ0n) is 47.9. The van der Waals surface area contributed by atoms with Crippen molar-refractivity contribution in [3.8, 4) is 5.75 Å². The first kappa shape index (κ1) is 70.8. The highest BCUT2D eigenvalue weighted by Gasteiger charge is 2.33. The zero-order chi connectivity index (χ0) is 64.6. The number of hydrogen-bond acceptors (Lipinski definition) is 20. The van der Waals surface area contributed by atoms with Crippen molar-refractivity contribution < 1.29 is 98.6 Å².